The largest absolute Gasteiger partial charge is 0.478 e. The fraction of sp³-hybridized carbons (Fsp3) is 0.133. The van der Waals surface area contributed by atoms with E-state index in [1.807, 2.05) is 18.0 Å². The molecule has 0 saturated carbocycles. The van der Waals surface area contributed by atoms with Crippen LogP contribution in [0.3, 0.4) is 0 Å². The van der Waals surface area contributed by atoms with Gasteiger partial charge in [0.15, 0.2) is 0 Å². The lowest BCUT2D eigenvalue weighted by Gasteiger charge is -2.21. The van der Waals surface area contributed by atoms with E-state index in [2.05, 4.69) is 0 Å². The summed E-state index contributed by atoms with van der Waals surface area (Å²) in [4.78, 5) is 12.8. The Morgan fingerprint density at radius 3 is 2.48 bits per heavy atom. The highest BCUT2D eigenvalue weighted by molar-refractivity contribution is 6.42. The highest BCUT2D eigenvalue weighted by atomic mass is 35.5. The van der Waals surface area contributed by atoms with Crippen molar-refractivity contribution in [1.29, 1.82) is 0 Å². The van der Waals surface area contributed by atoms with E-state index in [0.29, 0.717) is 22.3 Å². The van der Waals surface area contributed by atoms with Gasteiger partial charge >= 0.3 is 5.97 Å². The second kappa shape index (κ2) is 6.24. The van der Waals surface area contributed by atoms with E-state index >= 15 is 0 Å². The van der Waals surface area contributed by atoms with Crippen LogP contribution < -0.4 is 10.6 Å². The summed E-state index contributed by atoms with van der Waals surface area (Å²) in [5.41, 5.74) is 8.23. The van der Waals surface area contributed by atoms with Crippen molar-refractivity contribution < 1.29 is 9.90 Å². The van der Waals surface area contributed by atoms with Crippen LogP contribution in [0.25, 0.3) is 0 Å². The molecular weight excluding hydrogens is 311 g/mol. The van der Waals surface area contributed by atoms with Gasteiger partial charge < -0.3 is 15.7 Å². The third-order valence-electron chi connectivity index (χ3n) is 3.09. The van der Waals surface area contributed by atoms with Crippen LogP contribution in [-0.4, -0.2) is 18.1 Å². The Bertz CT molecular complexity index is 689. The number of halogens is 2. The third-order valence-corrected chi connectivity index (χ3v) is 3.83. The number of nitrogens with zero attached hydrogens (tertiary/aromatic N) is 1. The highest BCUT2D eigenvalue weighted by Gasteiger charge is 2.10. The summed E-state index contributed by atoms with van der Waals surface area (Å²) in [6, 6.07) is 10.1. The molecule has 0 saturated heterocycles. The number of rotatable bonds is 4. The first-order chi connectivity index (χ1) is 9.88. The quantitative estimate of drug-likeness (QED) is 0.837. The van der Waals surface area contributed by atoms with Crippen LogP contribution >= 0.6 is 23.2 Å². The molecule has 0 unspecified atom stereocenters. The zero-order valence-electron chi connectivity index (χ0n) is 11.3. The Hall–Kier alpha value is -1.91. The minimum absolute atomic E-state index is 0.166. The van der Waals surface area contributed by atoms with E-state index in [1.165, 1.54) is 12.1 Å². The summed E-state index contributed by atoms with van der Waals surface area (Å²) in [6.45, 7) is 0.577. The monoisotopic (exact) mass is 324 g/mol. The molecule has 2 rings (SSSR count). The molecule has 0 atom stereocenters. The van der Waals surface area contributed by atoms with Crippen LogP contribution in [0.4, 0.5) is 11.4 Å². The second-order valence-corrected chi connectivity index (χ2v) is 5.50. The van der Waals surface area contributed by atoms with Gasteiger partial charge in [0.05, 0.1) is 27.0 Å². The number of carbonyl (C=O) groups is 1. The average molecular weight is 325 g/mol. The molecule has 2 aromatic carbocycles. The Labute approximate surface area is 132 Å². The number of carboxylic acid groups (broad SMARTS) is 1. The topological polar surface area (TPSA) is 66.6 Å². The van der Waals surface area contributed by atoms with Crippen molar-refractivity contribution in [3.8, 4) is 0 Å². The maximum Gasteiger partial charge on any atom is 0.335 e. The normalized spacial score (nSPS) is 10.4. The van der Waals surface area contributed by atoms with Crippen LogP contribution in [0.15, 0.2) is 36.4 Å². The first-order valence-electron chi connectivity index (χ1n) is 6.16. The molecule has 2 aromatic rings. The Kier molecular flexibility index (Phi) is 4.60. The molecule has 3 N–H and O–H groups in total. The van der Waals surface area contributed by atoms with Crippen molar-refractivity contribution in [2.45, 2.75) is 6.54 Å². The van der Waals surface area contributed by atoms with Crippen molar-refractivity contribution in [3.05, 3.63) is 57.6 Å². The standard InChI is InChI=1S/C15H14Cl2N2O2/c1-19(8-9-2-4-11(16)12(17)6-9)14-5-3-10(15(20)21)7-13(14)18/h2-7H,8,18H2,1H3,(H,20,21). The zero-order chi connectivity index (χ0) is 15.6. The van der Waals surface area contributed by atoms with Gasteiger partial charge in [-0.3, -0.25) is 0 Å². The van der Waals surface area contributed by atoms with Gasteiger partial charge in [-0.2, -0.15) is 0 Å². The Morgan fingerprint density at radius 1 is 1.19 bits per heavy atom. The van der Waals surface area contributed by atoms with Crippen molar-refractivity contribution >= 4 is 40.5 Å². The minimum Gasteiger partial charge on any atom is -0.478 e. The van der Waals surface area contributed by atoms with Gasteiger partial charge in [0.25, 0.3) is 0 Å². The number of nitrogen functional groups attached to an aromatic ring is 1. The van der Waals surface area contributed by atoms with Gasteiger partial charge in [0.1, 0.15) is 0 Å². The molecule has 4 nitrogen and oxygen atoms in total. The number of benzene rings is 2. The van der Waals surface area contributed by atoms with Crippen molar-refractivity contribution in [2.24, 2.45) is 0 Å². The molecular formula is C15H14Cl2N2O2. The first kappa shape index (κ1) is 15.5. The van der Waals surface area contributed by atoms with E-state index in [-0.39, 0.29) is 5.56 Å². The van der Waals surface area contributed by atoms with Gasteiger partial charge in [-0.15, -0.1) is 0 Å². The molecule has 0 radical (unpaired) electrons. The molecule has 0 fully saturated rings. The third kappa shape index (κ3) is 3.60. The van der Waals surface area contributed by atoms with Gasteiger partial charge in [-0.05, 0) is 35.9 Å². The van der Waals surface area contributed by atoms with Gasteiger partial charge in [0, 0.05) is 13.6 Å². The fourth-order valence-electron chi connectivity index (χ4n) is 2.03. The summed E-state index contributed by atoms with van der Waals surface area (Å²) in [5.74, 6) is -1.000. The molecule has 0 aliphatic heterocycles. The summed E-state index contributed by atoms with van der Waals surface area (Å²) in [7, 11) is 1.87. The fourth-order valence-corrected chi connectivity index (χ4v) is 2.35. The van der Waals surface area contributed by atoms with Gasteiger partial charge in [0.2, 0.25) is 0 Å². The number of hydrogen-bond acceptors (Lipinski definition) is 3. The lowest BCUT2D eigenvalue weighted by Crippen LogP contribution is -2.18. The van der Waals surface area contributed by atoms with Gasteiger partial charge in [-0.25, -0.2) is 4.79 Å². The molecule has 0 aromatic heterocycles. The molecule has 6 heteroatoms. The Balaban J connectivity index is 2.21. The predicted molar refractivity (Wildman–Crippen MR) is 86.4 cm³/mol. The van der Waals surface area contributed by atoms with E-state index in [1.54, 1.807) is 18.2 Å². The molecule has 0 spiro atoms. The number of hydrogen-bond donors (Lipinski definition) is 2. The maximum atomic E-state index is 10.9. The van der Waals surface area contributed by atoms with E-state index in [4.69, 9.17) is 34.0 Å². The highest BCUT2D eigenvalue weighted by Crippen LogP contribution is 2.27. The molecule has 0 bridgehead atoms. The van der Waals surface area contributed by atoms with Crippen LogP contribution in [0.2, 0.25) is 10.0 Å². The van der Waals surface area contributed by atoms with Crippen LogP contribution in [0, 0.1) is 0 Å². The number of carboxylic acids is 1. The SMILES string of the molecule is CN(Cc1ccc(Cl)c(Cl)c1)c1ccc(C(=O)O)cc1N. The first-order valence-corrected chi connectivity index (χ1v) is 6.92. The van der Waals surface area contributed by atoms with Crippen LogP contribution in [0.5, 0.6) is 0 Å². The summed E-state index contributed by atoms with van der Waals surface area (Å²) < 4.78 is 0. The summed E-state index contributed by atoms with van der Waals surface area (Å²) in [5, 5.41) is 9.94. The summed E-state index contributed by atoms with van der Waals surface area (Å²) >= 11 is 11.9. The van der Waals surface area contributed by atoms with Crippen molar-refractivity contribution in [2.75, 3.05) is 17.7 Å². The molecule has 0 aliphatic rings. The van der Waals surface area contributed by atoms with Crippen molar-refractivity contribution in [1.82, 2.24) is 0 Å². The molecule has 21 heavy (non-hydrogen) atoms. The molecule has 0 aliphatic carbocycles. The number of aromatic carboxylic acids is 1. The van der Waals surface area contributed by atoms with E-state index in [0.717, 1.165) is 11.3 Å². The maximum absolute atomic E-state index is 10.9. The second-order valence-electron chi connectivity index (χ2n) is 4.68. The molecule has 110 valence electrons. The lowest BCUT2D eigenvalue weighted by atomic mass is 10.1. The summed E-state index contributed by atoms with van der Waals surface area (Å²) in [6.07, 6.45) is 0. The minimum atomic E-state index is -1.000. The molecule has 0 amide bonds. The predicted octanol–water partition coefficient (Wildman–Crippen LogP) is 3.91. The van der Waals surface area contributed by atoms with Crippen LogP contribution in [-0.2, 0) is 6.54 Å². The zero-order valence-corrected chi connectivity index (χ0v) is 12.8. The lowest BCUT2D eigenvalue weighted by molar-refractivity contribution is 0.0697. The molecule has 0 heterocycles. The Morgan fingerprint density at radius 2 is 1.90 bits per heavy atom. The smallest absolute Gasteiger partial charge is 0.335 e. The van der Waals surface area contributed by atoms with Gasteiger partial charge in [-0.1, -0.05) is 29.3 Å². The average Bonchev–Trinajstić information content (AvgIpc) is 2.42. The number of anilines is 2. The van der Waals surface area contributed by atoms with E-state index in [9.17, 15) is 4.79 Å². The van der Waals surface area contributed by atoms with Crippen molar-refractivity contribution in [3.63, 3.8) is 0 Å². The van der Waals surface area contributed by atoms with E-state index < -0.39 is 5.97 Å². The van der Waals surface area contributed by atoms with Crippen LogP contribution in [0.1, 0.15) is 15.9 Å². The number of nitrogens with two attached hydrogens (primary N) is 1.